The highest BCUT2D eigenvalue weighted by Gasteiger charge is 2.37. The second-order valence-corrected chi connectivity index (χ2v) is 6.55. The van der Waals surface area contributed by atoms with Crippen molar-refractivity contribution >= 4 is 45.2 Å². The molecule has 0 bridgehead atoms. The lowest BCUT2D eigenvalue weighted by molar-refractivity contribution is -0.138. The first-order valence-electron chi connectivity index (χ1n) is 6.66. The Labute approximate surface area is 136 Å². The standard InChI is InChI=1S/C14H16BrClN2O3/c15-10-4-3-9(16)7-11(10)17-13(21)18-14(8-12(19)20)5-1-2-6-14/h3-4,7H,1-2,5-6,8H2,(H,19,20)(H2,17,18,21). The number of urea groups is 1. The molecule has 5 nitrogen and oxygen atoms in total. The Morgan fingerprint density at radius 3 is 2.62 bits per heavy atom. The van der Waals surface area contributed by atoms with Gasteiger partial charge in [-0.05, 0) is 47.0 Å². The molecule has 1 saturated carbocycles. The summed E-state index contributed by atoms with van der Waals surface area (Å²) in [6.07, 6.45) is 3.16. The van der Waals surface area contributed by atoms with Crippen molar-refractivity contribution in [3.8, 4) is 0 Å². The fourth-order valence-corrected chi connectivity index (χ4v) is 3.19. The number of carbonyl (C=O) groups excluding carboxylic acids is 1. The smallest absolute Gasteiger partial charge is 0.319 e. The SMILES string of the molecule is O=C(O)CC1(NC(=O)Nc2cc(Cl)ccc2Br)CCCC1. The number of carbonyl (C=O) groups is 2. The van der Waals surface area contributed by atoms with Gasteiger partial charge in [0.2, 0.25) is 0 Å². The van der Waals surface area contributed by atoms with Gasteiger partial charge in [0.25, 0.3) is 0 Å². The second-order valence-electron chi connectivity index (χ2n) is 5.26. The molecule has 7 heteroatoms. The Balaban J connectivity index is 2.06. The van der Waals surface area contributed by atoms with E-state index in [1.807, 2.05) is 0 Å². The fourth-order valence-electron chi connectivity index (χ4n) is 2.67. The third-order valence-electron chi connectivity index (χ3n) is 3.61. The van der Waals surface area contributed by atoms with Gasteiger partial charge in [0, 0.05) is 9.50 Å². The van der Waals surface area contributed by atoms with E-state index in [9.17, 15) is 9.59 Å². The number of halogens is 2. The summed E-state index contributed by atoms with van der Waals surface area (Å²) in [6, 6.07) is 4.66. The van der Waals surface area contributed by atoms with E-state index in [0.29, 0.717) is 28.0 Å². The molecule has 0 heterocycles. The number of nitrogens with one attached hydrogen (secondary N) is 2. The molecule has 0 radical (unpaired) electrons. The number of carboxylic acid groups (broad SMARTS) is 1. The van der Waals surface area contributed by atoms with Crippen LogP contribution in [0.1, 0.15) is 32.1 Å². The quantitative estimate of drug-likeness (QED) is 0.744. The van der Waals surface area contributed by atoms with Gasteiger partial charge in [-0.3, -0.25) is 4.79 Å². The summed E-state index contributed by atoms with van der Waals surface area (Å²) in [7, 11) is 0. The van der Waals surface area contributed by atoms with Crippen LogP contribution in [0.25, 0.3) is 0 Å². The highest BCUT2D eigenvalue weighted by atomic mass is 79.9. The zero-order valence-electron chi connectivity index (χ0n) is 11.3. The van der Waals surface area contributed by atoms with Gasteiger partial charge in [0.15, 0.2) is 0 Å². The molecule has 0 saturated heterocycles. The minimum atomic E-state index is -0.902. The maximum atomic E-state index is 12.1. The van der Waals surface area contributed by atoms with Crippen molar-refractivity contribution in [2.75, 3.05) is 5.32 Å². The average Bonchev–Trinajstić information content (AvgIpc) is 2.80. The van der Waals surface area contributed by atoms with Crippen LogP contribution in [0.2, 0.25) is 5.02 Å². The minimum absolute atomic E-state index is 0.0584. The Kier molecular flexibility index (Phi) is 5.11. The zero-order valence-corrected chi connectivity index (χ0v) is 13.6. The first-order chi connectivity index (χ1) is 9.90. The molecule has 1 fully saturated rings. The van der Waals surface area contributed by atoms with E-state index >= 15 is 0 Å². The highest BCUT2D eigenvalue weighted by Crippen LogP contribution is 2.33. The molecule has 0 unspecified atom stereocenters. The van der Waals surface area contributed by atoms with Crippen LogP contribution in [0, 0.1) is 0 Å². The van der Waals surface area contributed by atoms with Crippen molar-refractivity contribution in [3.05, 3.63) is 27.7 Å². The van der Waals surface area contributed by atoms with E-state index < -0.39 is 17.5 Å². The van der Waals surface area contributed by atoms with Crippen LogP contribution in [0.15, 0.2) is 22.7 Å². The molecule has 1 aliphatic rings. The first-order valence-corrected chi connectivity index (χ1v) is 7.83. The van der Waals surface area contributed by atoms with Gasteiger partial charge in [-0.2, -0.15) is 0 Å². The number of rotatable bonds is 4. The highest BCUT2D eigenvalue weighted by molar-refractivity contribution is 9.10. The van der Waals surface area contributed by atoms with E-state index in [4.69, 9.17) is 16.7 Å². The van der Waals surface area contributed by atoms with Crippen LogP contribution < -0.4 is 10.6 Å². The molecular formula is C14H16BrClN2O3. The number of benzene rings is 1. The number of aliphatic carboxylic acids is 1. The number of hydrogen-bond acceptors (Lipinski definition) is 2. The Morgan fingerprint density at radius 1 is 1.33 bits per heavy atom. The maximum Gasteiger partial charge on any atom is 0.319 e. The van der Waals surface area contributed by atoms with Crippen LogP contribution in [-0.2, 0) is 4.79 Å². The second kappa shape index (κ2) is 6.66. The monoisotopic (exact) mass is 374 g/mol. The summed E-state index contributed by atoms with van der Waals surface area (Å²) in [6.45, 7) is 0. The normalized spacial score (nSPS) is 16.5. The van der Waals surface area contributed by atoms with E-state index in [1.54, 1.807) is 18.2 Å². The van der Waals surface area contributed by atoms with Gasteiger partial charge in [0.05, 0.1) is 17.6 Å². The van der Waals surface area contributed by atoms with Crippen LogP contribution in [-0.4, -0.2) is 22.6 Å². The lowest BCUT2D eigenvalue weighted by Crippen LogP contribution is -2.49. The first kappa shape index (κ1) is 16.1. The van der Waals surface area contributed by atoms with Crippen molar-refractivity contribution in [3.63, 3.8) is 0 Å². The predicted octanol–water partition coefficient (Wildman–Crippen LogP) is 4.01. The molecule has 0 spiro atoms. The topological polar surface area (TPSA) is 78.4 Å². The summed E-state index contributed by atoms with van der Waals surface area (Å²) in [5.41, 5.74) is -0.107. The van der Waals surface area contributed by atoms with Crippen molar-refractivity contribution in [2.45, 2.75) is 37.6 Å². The molecule has 1 aromatic rings. The van der Waals surface area contributed by atoms with Crippen LogP contribution >= 0.6 is 27.5 Å². The Bertz CT molecular complexity index is 559. The number of amides is 2. The molecular weight excluding hydrogens is 360 g/mol. The van der Waals surface area contributed by atoms with Gasteiger partial charge < -0.3 is 15.7 Å². The predicted molar refractivity (Wildman–Crippen MR) is 84.8 cm³/mol. The number of anilines is 1. The lowest BCUT2D eigenvalue weighted by atomic mass is 9.93. The summed E-state index contributed by atoms with van der Waals surface area (Å²) in [5, 5.41) is 15.1. The van der Waals surface area contributed by atoms with Gasteiger partial charge in [-0.15, -0.1) is 0 Å². The van der Waals surface area contributed by atoms with E-state index in [2.05, 4.69) is 26.6 Å². The van der Waals surface area contributed by atoms with Gasteiger partial charge in [-0.1, -0.05) is 24.4 Å². The van der Waals surface area contributed by atoms with Crippen LogP contribution in [0.4, 0.5) is 10.5 Å². The van der Waals surface area contributed by atoms with Crippen molar-refractivity contribution in [1.29, 1.82) is 0 Å². The Morgan fingerprint density at radius 2 is 2.00 bits per heavy atom. The largest absolute Gasteiger partial charge is 0.481 e. The van der Waals surface area contributed by atoms with E-state index in [0.717, 1.165) is 12.8 Å². The van der Waals surface area contributed by atoms with Crippen molar-refractivity contribution in [1.82, 2.24) is 5.32 Å². The molecule has 2 amide bonds. The third kappa shape index (κ3) is 4.35. The summed E-state index contributed by atoms with van der Waals surface area (Å²) < 4.78 is 0.709. The minimum Gasteiger partial charge on any atom is -0.481 e. The summed E-state index contributed by atoms with van der Waals surface area (Å²) >= 11 is 9.23. The molecule has 0 aromatic heterocycles. The Hall–Kier alpha value is -1.27. The lowest BCUT2D eigenvalue weighted by Gasteiger charge is -2.28. The maximum absolute atomic E-state index is 12.1. The molecule has 1 aromatic carbocycles. The number of hydrogen-bond donors (Lipinski definition) is 3. The molecule has 114 valence electrons. The van der Waals surface area contributed by atoms with Crippen LogP contribution in [0.3, 0.4) is 0 Å². The molecule has 0 aliphatic heterocycles. The summed E-state index contributed by atoms with van der Waals surface area (Å²) in [4.78, 5) is 23.1. The summed E-state index contributed by atoms with van der Waals surface area (Å²) in [5.74, 6) is -0.902. The van der Waals surface area contributed by atoms with E-state index in [-0.39, 0.29) is 6.42 Å². The molecule has 1 aliphatic carbocycles. The van der Waals surface area contributed by atoms with Gasteiger partial charge in [0.1, 0.15) is 0 Å². The third-order valence-corrected chi connectivity index (χ3v) is 4.53. The fraction of sp³-hybridized carbons (Fsp3) is 0.429. The van der Waals surface area contributed by atoms with Crippen molar-refractivity contribution in [2.24, 2.45) is 0 Å². The van der Waals surface area contributed by atoms with Crippen LogP contribution in [0.5, 0.6) is 0 Å². The van der Waals surface area contributed by atoms with Gasteiger partial charge >= 0.3 is 12.0 Å². The van der Waals surface area contributed by atoms with Gasteiger partial charge in [-0.25, -0.2) is 4.79 Å². The van der Waals surface area contributed by atoms with Crippen molar-refractivity contribution < 1.29 is 14.7 Å². The molecule has 0 atom stereocenters. The molecule has 21 heavy (non-hydrogen) atoms. The molecule has 2 rings (SSSR count). The average molecular weight is 376 g/mol. The zero-order chi connectivity index (χ0) is 15.5. The molecule has 3 N–H and O–H groups in total. The number of carboxylic acids is 1. The van der Waals surface area contributed by atoms with E-state index in [1.165, 1.54) is 0 Å².